The molecule has 0 fully saturated rings. The van der Waals surface area contributed by atoms with Crippen LogP contribution in [0.15, 0.2) is 6.20 Å². The van der Waals surface area contributed by atoms with E-state index < -0.39 is 0 Å². The molecule has 6 nitrogen and oxygen atoms in total. The summed E-state index contributed by atoms with van der Waals surface area (Å²) >= 11 is 0. The lowest BCUT2D eigenvalue weighted by Gasteiger charge is -2.10. The number of amides is 1. The first-order chi connectivity index (χ1) is 10.5. The van der Waals surface area contributed by atoms with Crippen molar-refractivity contribution in [1.82, 2.24) is 14.8 Å². The van der Waals surface area contributed by atoms with Crippen LogP contribution in [0, 0.1) is 6.92 Å². The Morgan fingerprint density at radius 3 is 2.77 bits per heavy atom. The first-order valence-electron chi connectivity index (χ1n) is 7.93. The number of carbonyl (C=O) groups is 1. The Balaban J connectivity index is 2.24. The highest BCUT2D eigenvalue weighted by Gasteiger charge is 2.14. The summed E-state index contributed by atoms with van der Waals surface area (Å²) in [5.74, 6) is -0.283. The summed E-state index contributed by atoms with van der Waals surface area (Å²) < 4.78 is 1.93. The molecule has 22 heavy (non-hydrogen) atoms. The maximum atomic E-state index is 10.9. The predicted octanol–water partition coefficient (Wildman–Crippen LogP) is 2.32. The molecule has 0 aromatic carbocycles. The van der Waals surface area contributed by atoms with Gasteiger partial charge in [0.2, 0.25) is 5.91 Å². The fourth-order valence-electron chi connectivity index (χ4n) is 2.70. The molecule has 1 amide bonds. The molecule has 4 N–H and O–H groups in total. The fourth-order valence-corrected chi connectivity index (χ4v) is 2.70. The molecule has 0 radical (unpaired) electrons. The summed E-state index contributed by atoms with van der Waals surface area (Å²) in [6.07, 6.45) is 7.02. The monoisotopic (exact) mass is 303 g/mol. The quantitative estimate of drug-likeness (QED) is 0.731. The minimum absolute atomic E-state index is 0.283. The molecule has 0 saturated carbocycles. The van der Waals surface area contributed by atoms with E-state index >= 15 is 0 Å². The number of fused-ring (bicyclic) bond motifs is 1. The molecule has 2 aromatic heterocycles. The number of nitrogen functional groups attached to an aromatic ring is 1. The van der Waals surface area contributed by atoms with Crippen molar-refractivity contribution in [1.29, 1.82) is 0 Å². The van der Waals surface area contributed by atoms with Gasteiger partial charge in [-0.2, -0.15) is 5.10 Å². The third-order valence-corrected chi connectivity index (χ3v) is 3.96. The second kappa shape index (κ2) is 7.24. The van der Waals surface area contributed by atoms with Gasteiger partial charge in [-0.15, -0.1) is 0 Å². The van der Waals surface area contributed by atoms with Crippen LogP contribution in [0.1, 0.15) is 50.3 Å². The summed E-state index contributed by atoms with van der Waals surface area (Å²) in [4.78, 5) is 15.5. The van der Waals surface area contributed by atoms with Gasteiger partial charge in [0.05, 0.1) is 11.6 Å². The van der Waals surface area contributed by atoms with Crippen LogP contribution in [0.4, 0.5) is 5.69 Å². The molecule has 0 aliphatic carbocycles. The normalized spacial score (nSPS) is 11.2. The number of aromatic nitrogens is 3. The molecular formula is C16H25N5O. The summed E-state index contributed by atoms with van der Waals surface area (Å²) in [7, 11) is 0. The van der Waals surface area contributed by atoms with Crippen LogP contribution in [0.3, 0.4) is 0 Å². The van der Waals surface area contributed by atoms with Crippen molar-refractivity contribution in [3.8, 4) is 0 Å². The van der Waals surface area contributed by atoms with Crippen LogP contribution in [0.5, 0.6) is 0 Å². The fraction of sp³-hybridized carbons (Fsp3) is 0.562. The summed E-state index contributed by atoms with van der Waals surface area (Å²) in [6, 6.07) is 0. The van der Waals surface area contributed by atoms with Crippen molar-refractivity contribution in [3.63, 3.8) is 0 Å². The second-order valence-corrected chi connectivity index (χ2v) is 5.72. The maximum Gasteiger partial charge on any atom is 0.217 e. The average molecular weight is 303 g/mol. The van der Waals surface area contributed by atoms with Crippen molar-refractivity contribution < 1.29 is 4.79 Å². The lowest BCUT2D eigenvalue weighted by molar-refractivity contribution is -0.118. The average Bonchev–Trinajstić information content (AvgIpc) is 2.86. The highest BCUT2D eigenvalue weighted by Crippen LogP contribution is 2.27. The number of carbonyl (C=O) groups excluding carboxylic acids is 1. The van der Waals surface area contributed by atoms with E-state index in [1.807, 2.05) is 11.6 Å². The van der Waals surface area contributed by atoms with E-state index in [2.05, 4.69) is 17.0 Å². The lowest BCUT2D eigenvalue weighted by atomic mass is 10.0. The van der Waals surface area contributed by atoms with Gasteiger partial charge < -0.3 is 11.5 Å². The van der Waals surface area contributed by atoms with E-state index in [0.717, 1.165) is 40.9 Å². The number of pyridine rings is 1. The van der Waals surface area contributed by atoms with Gasteiger partial charge in [0.25, 0.3) is 0 Å². The Kier molecular flexibility index (Phi) is 5.35. The zero-order chi connectivity index (χ0) is 16.1. The molecule has 0 spiro atoms. The van der Waals surface area contributed by atoms with E-state index in [9.17, 15) is 4.79 Å². The highest BCUT2D eigenvalue weighted by atomic mass is 16.1. The minimum atomic E-state index is -0.283. The summed E-state index contributed by atoms with van der Waals surface area (Å²) in [5.41, 5.74) is 15.0. The maximum absolute atomic E-state index is 10.9. The zero-order valence-corrected chi connectivity index (χ0v) is 13.4. The number of nitrogens with zero attached hydrogens (tertiary/aromatic N) is 3. The first-order valence-corrected chi connectivity index (χ1v) is 7.93. The number of anilines is 1. The van der Waals surface area contributed by atoms with Crippen molar-refractivity contribution >= 4 is 22.6 Å². The van der Waals surface area contributed by atoms with Crippen LogP contribution in [0.25, 0.3) is 11.0 Å². The van der Waals surface area contributed by atoms with Crippen LogP contribution in [-0.2, 0) is 17.8 Å². The van der Waals surface area contributed by atoms with E-state index in [4.69, 9.17) is 11.5 Å². The zero-order valence-electron chi connectivity index (χ0n) is 13.4. The van der Waals surface area contributed by atoms with Crippen LogP contribution >= 0.6 is 0 Å². The molecule has 0 bridgehead atoms. The molecule has 2 aromatic rings. The molecule has 2 heterocycles. The van der Waals surface area contributed by atoms with Gasteiger partial charge in [0.15, 0.2) is 5.65 Å². The molecular weight excluding hydrogens is 278 g/mol. The Labute approximate surface area is 130 Å². The van der Waals surface area contributed by atoms with Gasteiger partial charge in [0.1, 0.15) is 0 Å². The number of primary amides is 1. The number of hydrogen-bond donors (Lipinski definition) is 2. The Morgan fingerprint density at radius 2 is 2.09 bits per heavy atom. The lowest BCUT2D eigenvalue weighted by Crippen LogP contribution is -2.11. The molecule has 0 aliphatic rings. The van der Waals surface area contributed by atoms with E-state index in [1.54, 1.807) is 6.20 Å². The molecule has 0 unspecified atom stereocenters. The Bertz CT molecular complexity index is 662. The van der Waals surface area contributed by atoms with Gasteiger partial charge in [-0.3, -0.25) is 4.79 Å². The van der Waals surface area contributed by atoms with Crippen LogP contribution < -0.4 is 11.5 Å². The van der Waals surface area contributed by atoms with Gasteiger partial charge in [0, 0.05) is 24.3 Å². The van der Waals surface area contributed by atoms with Crippen molar-refractivity contribution in [2.45, 2.75) is 58.9 Å². The number of nitrogens with two attached hydrogens (primary N) is 2. The van der Waals surface area contributed by atoms with Gasteiger partial charge in [-0.1, -0.05) is 19.8 Å². The first kappa shape index (κ1) is 16.3. The largest absolute Gasteiger partial charge is 0.398 e. The second-order valence-electron chi connectivity index (χ2n) is 5.72. The Hall–Kier alpha value is -2.11. The minimum Gasteiger partial charge on any atom is -0.398 e. The molecule has 0 saturated heterocycles. The number of rotatable bonds is 8. The van der Waals surface area contributed by atoms with Crippen LogP contribution in [-0.4, -0.2) is 20.7 Å². The van der Waals surface area contributed by atoms with Crippen LogP contribution in [0.2, 0.25) is 0 Å². The molecule has 2 rings (SSSR count). The van der Waals surface area contributed by atoms with Crippen molar-refractivity contribution in [2.24, 2.45) is 5.73 Å². The number of hydrogen-bond acceptors (Lipinski definition) is 4. The number of aryl methyl sites for hydroxylation is 2. The van der Waals surface area contributed by atoms with E-state index in [-0.39, 0.29) is 5.91 Å². The van der Waals surface area contributed by atoms with E-state index in [0.29, 0.717) is 19.3 Å². The summed E-state index contributed by atoms with van der Waals surface area (Å²) in [5, 5.41) is 5.32. The third-order valence-electron chi connectivity index (χ3n) is 3.96. The molecule has 0 aliphatic heterocycles. The third kappa shape index (κ3) is 3.55. The molecule has 120 valence electrons. The topological polar surface area (TPSA) is 99.8 Å². The molecule has 6 heteroatoms. The van der Waals surface area contributed by atoms with Gasteiger partial charge >= 0.3 is 0 Å². The summed E-state index contributed by atoms with van der Waals surface area (Å²) in [6.45, 7) is 5.00. The standard InChI is InChI=1S/C16H25N5O/c1-3-4-5-9-21-16-13(10-19-21)15(18)12(11(2)20-16)7-6-8-14(17)22/h10H,3-9H2,1-2H3,(H2,17,22)(H2,18,20). The SMILES string of the molecule is CCCCCn1ncc2c(N)c(CCCC(N)=O)c(C)nc21. The Morgan fingerprint density at radius 1 is 1.32 bits per heavy atom. The highest BCUT2D eigenvalue weighted by molar-refractivity contribution is 5.89. The van der Waals surface area contributed by atoms with Gasteiger partial charge in [-0.25, -0.2) is 9.67 Å². The van der Waals surface area contributed by atoms with Crippen molar-refractivity contribution in [2.75, 3.05) is 5.73 Å². The predicted molar refractivity (Wildman–Crippen MR) is 88.3 cm³/mol. The molecule has 0 atom stereocenters. The van der Waals surface area contributed by atoms with Crippen molar-refractivity contribution in [3.05, 3.63) is 17.5 Å². The number of unbranched alkanes of at least 4 members (excludes halogenated alkanes) is 2. The van der Waals surface area contributed by atoms with Gasteiger partial charge in [-0.05, 0) is 31.7 Å². The van der Waals surface area contributed by atoms with E-state index in [1.165, 1.54) is 12.8 Å². The smallest absolute Gasteiger partial charge is 0.217 e.